The number of anilines is 1. The minimum atomic E-state index is -0.534. The first-order valence-electron chi connectivity index (χ1n) is 10.5. The molecule has 0 aliphatic carbocycles. The van der Waals surface area contributed by atoms with Gasteiger partial charge < -0.3 is 19.7 Å². The average molecular weight is 428 g/mol. The number of methoxy groups -OCH3 is 1. The Kier molecular flexibility index (Phi) is 7.33. The summed E-state index contributed by atoms with van der Waals surface area (Å²) < 4.78 is 10.5. The Hall–Kier alpha value is -3.29. The Labute approximate surface area is 182 Å². The number of nitro groups is 1. The molecule has 1 amide bonds. The summed E-state index contributed by atoms with van der Waals surface area (Å²) >= 11 is 0. The fourth-order valence-electron chi connectivity index (χ4n) is 3.81. The first-order chi connectivity index (χ1) is 14.9. The smallest absolute Gasteiger partial charge is 0.311 e. The van der Waals surface area contributed by atoms with Gasteiger partial charge in [0.25, 0.3) is 5.91 Å². The van der Waals surface area contributed by atoms with Crippen molar-refractivity contribution >= 4 is 17.3 Å². The summed E-state index contributed by atoms with van der Waals surface area (Å²) in [6, 6.07) is 12.3. The zero-order valence-corrected chi connectivity index (χ0v) is 18.2. The Bertz CT molecular complexity index is 916. The van der Waals surface area contributed by atoms with Crippen LogP contribution in [0.3, 0.4) is 0 Å². The van der Waals surface area contributed by atoms with Gasteiger partial charge >= 0.3 is 5.69 Å². The molecule has 2 aromatic carbocycles. The summed E-state index contributed by atoms with van der Waals surface area (Å²) in [5, 5.41) is 13.9. The minimum Gasteiger partial charge on any atom is -0.490 e. The molecule has 2 aromatic rings. The molecule has 0 spiro atoms. The van der Waals surface area contributed by atoms with E-state index in [1.807, 2.05) is 19.1 Å². The lowest BCUT2D eigenvalue weighted by atomic mass is 9.99. The lowest BCUT2D eigenvalue weighted by Crippen LogP contribution is -2.34. The fraction of sp³-hybridized carbons (Fsp3) is 0.435. The highest BCUT2D eigenvalue weighted by Crippen LogP contribution is 2.30. The summed E-state index contributed by atoms with van der Waals surface area (Å²) in [5.74, 6) is 0.839. The zero-order valence-electron chi connectivity index (χ0n) is 18.2. The lowest BCUT2D eigenvalue weighted by Gasteiger charge is -2.33. The van der Waals surface area contributed by atoms with Gasteiger partial charge in [0.15, 0.2) is 6.61 Å². The van der Waals surface area contributed by atoms with Crippen molar-refractivity contribution in [3.05, 3.63) is 58.1 Å². The Morgan fingerprint density at radius 1 is 1.29 bits per heavy atom. The largest absolute Gasteiger partial charge is 0.490 e. The van der Waals surface area contributed by atoms with Crippen molar-refractivity contribution < 1.29 is 19.2 Å². The van der Waals surface area contributed by atoms with Crippen LogP contribution in [0.25, 0.3) is 0 Å². The van der Waals surface area contributed by atoms with Gasteiger partial charge in [0, 0.05) is 30.9 Å². The van der Waals surface area contributed by atoms with Crippen LogP contribution in [0, 0.1) is 16.0 Å². The maximum atomic E-state index is 12.3. The predicted molar refractivity (Wildman–Crippen MR) is 119 cm³/mol. The van der Waals surface area contributed by atoms with Gasteiger partial charge in [-0.2, -0.15) is 0 Å². The molecular weight excluding hydrogens is 398 g/mol. The molecule has 0 unspecified atom stereocenters. The number of carbonyl (C=O) groups excluding carboxylic acids is 1. The number of carbonyl (C=O) groups is 1. The third-order valence-corrected chi connectivity index (χ3v) is 5.51. The van der Waals surface area contributed by atoms with Crippen LogP contribution in [-0.4, -0.2) is 37.6 Å². The predicted octanol–water partition coefficient (Wildman–Crippen LogP) is 4.10. The molecular formula is C23H29N3O5. The van der Waals surface area contributed by atoms with E-state index in [1.165, 1.54) is 43.8 Å². The maximum Gasteiger partial charge on any atom is 0.311 e. The van der Waals surface area contributed by atoms with Crippen LogP contribution in [0.5, 0.6) is 11.5 Å². The number of benzene rings is 2. The molecule has 0 aromatic heterocycles. The second-order valence-electron chi connectivity index (χ2n) is 7.95. The molecule has 1 aliphatic rings. The number of rotatable bonds is 8. The van der Waals surface area contributed by atoms with E-state index < -0.39 is 4.92 Å². The third-order valence-electron chi connectivity index (χ3n) is 5.51. The number of hydrogen-bond donors (Lipinski definition) is 1. The van der Waals surface area contributed by atoms with Crippen molar-refractivity contribution in [2.45, 2.75) is 32.7 Å². The molecule has 0 bridgehead atoms. The normalized spacial score (nSPS) is 17.0. The summed E-state index contributed by atoms with van der Waals surface area (Å²) in [6.45, 7) is 6.17. The maximum absolute atomic E-state index is 12.3. The molecule has 1 heterocycles. The zero-order chi connectivity index (χ0) is 22.4. The van der Waals surface area contributed by atoms with Crippen molar-refractivity contribution in [1.82, 2.24) is 5.32 Å². The second-order valence-corrected chi connectivity index (χ2v) is 7.95. The topological polar surface area (TPSA) is 93.9 Å². The van der Waals surface area contributed by atoms with E-state index in [0.717, 1.165) is 18.7 Å². The quantitative estimate of drug-likeness (QED) is 0.504. The highest BCUT2D eigenvalue weighted by Gasteiger charge is 2.18. The molecule has 1 saturated heterocycles. The number of nitrogens with one attached hydrogen (secondary N) is 1. The first-order valence-corrected chi connectivity index (χ1v) is 10.5. The Morgan fingerprint density at radius 2 is 2.03 bits per heavy atom. The minimum absolute atomic E-state index is 0.0828. The van der Waals surface area contributed by atoms with Crippen molar-refractivity contribution in [3.63, 3.8) is 0 Å². The molecule has 0 radical (unpaired) electrons. The van der Waals surface area contributed by atoms with Gasteiger partial charge in [-0.1, -0.05) is 19.1 Å². The standard InChI is InChI=1S/C23H29N3O5/c1-16-5-4-12-25(14-16)19-8-6-18(7-9-19)17(2)24-23(27)15-31-20-10-11-21(26(28)29)22(13-20)30-3/h6-11,13,16-17H,4-5,12,14-15H2,1-3H3,(H,24,27)/t16-,17+/m1/s1. The van der Waals surface area contributed by atoms with Crippen molar-refractivity contribution in [2.24, 2.45) is 5.92 Å². The van der Waals surface area contributed by atoms with Crippen LogP contribution in [-0.2, 0) is 4.79 Å². The third kappa shape index (κ3) is 5.87. The van der Waals surface area contributed by atoms with Crippen LogP contribution >= 0.6 is 0 Å². The molecule has 31 heavy (non-hydrogen) atoms. The highest BCUT2D eigenvalue weighted by molar-refractivity contribution is 5.78. The Morgan fingerprint density at radius 3 is 2.68 bits per heavy atom. The molecule has 1 fully saturated rings. The van der Waals surface area contributed by atoms with Crippen LogP contribution in [0.15, 0.2) is 42.5 Å². The SMILES string of the molecule is COc1cc(OCC(=O)N[C@@H](C)c2ccc(N3CCC[C@@H](C)C3)cc2)ccc1[N+](=O)[O-]. The second kappa shape index (κ2) is 10.1. The molecule has 8 nitrogen and oxygen atoms in total. The molecule has 166 valence electrons. The van der Waals surface area contributed by atoms with Crippen LogP contribution in [0.2, 0.25) is 0 Å². The summed E-state index contributed by atoms with van der Waals surface area (Å²) in [7, 11) is 1.34. The van der Waals surface area contributed by atoms with Gasteiger partial charge in [-0.15, -0.1) is 0 Å². The molecule has 8 heteroatoms. The Balaban J connectivity index is 1.53. The summed E-state index contributed by atoms with van der Waals surface area (Å²) in [6.07, 6.45) is 2.50. The van der Waals surface area contributed by atoms with E-state index in [4.69, 9.17) is 9.47 Å². The first kappa shape index (κ1) is 22.4. The molecule has 1 aliphatic heterocycles. The lowest BCUT2D eigenvalue weighted by molar-refractivity contribution is -0.385. The highest BCUT2D eigenvalue weighted by atomic mass is 16.6. The summed E-state index contributed by atoms with van der Waals surface area (Å²) in [4.78, 5) is 25.1. The van der Waals surface area contributed by atoms with Crippen molar-refractivity contribution in [1.29, 1.82) is 0 Å². The van der Waals surface area contributed by atoms with Crippen LogP contribution in [0.1, 0.15) is 38.3 Å². The number of nitro benzene ring substituents is 1. The average Bonchev–Trinajstić information content (AvgIpc) is 2.77. The van der Waals surface area contributed by atoms with Crippen molar-refractivity contribution in [3.8, 4) is 11.5 Å². The van der Waals surface area contributed by atoms with E-state index in [2.05, 4.69) is 29.3 Å². The van der Waals surface area contributed by atoms with E-state index in [1.54, 1.807) is 0 Å². The van der Waals surface area contributed by atoms with Gasteiger partial charge in [-0.25, -0.2) is 0 Å². The van der Waals surface area contributed by atoms with Crippen LogP contribution in [0.4, 0.5) is 11.4 Å². The molecule has 3 rings (SSSR count). The monoisotopic (exact) mass is 427 g/mol. The summed E-state index contributed by atoms with van der Waals surface area (Å²) in [5.41, 5.74) is 2.07. The van der Waals surface area contributed by atoms with Crippen LogP contribution < -0.4 is 19.7 Å². The van der Waals surface area contributed by atoms with E-state index in [0.29, 0.717) is 11.7 Å². The fourth-order valence-corrected chi connectivity index (χ4v) is 3.81. The number of hydrogen-bond acceptors (Lipinski definition) is 6. The van der Waals surface area contributed by atoms with Gasteiger partial charge in [0.1, 0.15) is 5.75 Å². The van der Waals surface area contributed by atoms with Gasteiger partial charge in [0.05, 0.1) is 18.1 Å². The number of amides is 1. The van der Waals surface area contributed by atoms with Gasteiger partial charge in [0.2, 0.25) is 5.75 Å². The van der Waals surface area contributed by atoms with E-state index >= 15 is 0 Å². The van der Waals surface area contributed by atoms with Gasteiger partial charge in [-0.3, -0.25) is 14.9 Å². The number of nitrogens with zero attached hydrogens (tertiary/aromatic N) is 2. The van der Waals surface area contributed by atoms with E-state index in [9.17, 15) is 14.9 Å². The molecule has 2 atom stereocenters. The number of ether oxygens (including phenoxy) is 2. The number of piperidine rings is 1. The van der Waals surface area contributed by atoms with Crippen molar-refractivity contribution in [2.75, 3.05) is 31.7 Å². The molecule has 0 saturated carbocycles. The van der Waals surface area contributed by atoms with Gasteiger partial charge in [-0.05, 0) is 49.4 Å². The molecule has 1 N–H and O–H groups in total. The van der Waals surface area contributed by atoms with E-state index in [-0.39, 0.29) is 30.0 Å².